The molecule has 19 heavy (non-hydrogen) atoms. The summed E-state index contributed by atoms with van der Waals surface area (Å²) < 4.78 is 7.84. The van der Waals surface area contributed by atoms with Gasteiger partial charge in [0.15, 0.2) is 5.75 Å². The van der Waals surface area contributed by atoms with Gasteiger partial charge < -0.3 is 10.5 Å². The van der Waals surface area contributed by atoms with Crippen LogP contribution in [0.2, 0.25) is 0 Å². The Bertz CT molecular complexity index is 754. The van der Waals surface area contributed by atoms with Gasteiger partial charge in [0.2, 0.25) is 0 Å². The normalized spacial score (nSPS) is 10.8. The largest absolute Gasteiger partial charge is 0.454 e. The van der Waals surface area contributed by atoms with E-state index in [9.17, 15) is 0 Å². The van der Waals surface area contributed by atoms with E-state index in [1.807, 2.05) is 37.3 Å². The predicted molar refractivity (Wildman–Crippen MR) is 83.0 cm³/mol. The zero-order chi connectivity index (χ0) is 13.4. The van der Waals surface area contributed by atoms with Crippen molar-refractivity contribution in [3.05, 3.63) is 45.9 Å². The summed E-state index contributed by atoms with van der Waals surface area (Å²) in [5.41, 5.74) is 10.4. The van der Waals surface area contributed by atoms with Crippen LogP contribution in [0, 0.1) is 6.92 Å². The maximum atomic E-state index is 6.10. The number of rotatable bonds is 2. The quantitative estimate of drug-likeness (QED) is 0.688. The standard InChI is InChI=1S/C14H11BrN2OS/c1-8-2-3-10(9(15)6-8)18-11-4-5-12-14(13(11)16)17-7-19-12/h2-7H,16H2,1H3. The van der Waals surface area contributed by atoms with E-state index in [0.29, 0.717) is 11.4 Å². The minimum Gasteiger partial charge on any atom is -0.454 e. The number of hydrogen-bond acceptors (Lipinski definition) is 4. The number of benzene rings is 2. The van der Waals surface area contributed by atoms with Crippen molar-refractivity contribution in [3.8, 4) is 11.5 Å². The van der Waals surface area contributed by atoms with Gasteiger partial charge in [-0.25, -0.2) is 4.98 Å². The summed E-state index contributed by atoms with van der Waals surface area (Å²) in [6.07, 6.45) is 0. The van der Waals surface area contributed by atoms with Crippen molar-refractivity contribution in [2.24, 2.45) is 0 Å². The lowest BCUT2D eigenvalue weighted by Crippen LogP contribution is -1.93. The third-order valence-corrected chi connectivity index (χ3v) is 4.22. The molecule has 1 aromatic heterocycles. The van der Waals surface area contributed by atoms with Gasteiger partial charge in [-0.15, -0.1) is 11.3 Å². The second kappa shape index (κ2) is 4.83. The number of nitrogens with two attached hydrogens (primary N) is 1. The number of aryl methyl sites for hydroxylation is 1. The number of anilines is 1. The van der Waals surface area contributed by atoms with E-state index >= 15 is 0 Å². The molecule has 3 rings (SSSR count). The molecule has 96 valence electrons. The molecule has 0 aliphatic carbocycles. The van der Waals surface area contributed by atoms with Gasteiger partial charge in [-0.1, -0.05) is 6.07 Å². The van der Waals surface area contributed by atoms with Crippen LogP contribution in [-0.2, 0) is 0 Å². The molecule has 0 saturated heterocycles. The summed E-state index contributed by atoms with van der Waals surface area (Å²) in [6, 6.07) is 9.78. The number of hydrogen-bond donors (Lipinski definition) is 1. The van der Waals surface area contributed by atoms with Crippen LogP contribution in [0.4, 0.5) is 5.69 Å². The van der Waals surface area contributed by atoms with Crippen molar-refractivity contribution in [2.45, 2.75) is 6.92 Å². The maximum absolute atomic E-state index is 6.10. The van der Waals surface area contributed by atoms with Gasteiger partial charge in [0.25, 0.3) is 0 Å². The van der Waals surface area contributed by atoms with Gasteiger partial charge in [0.1, 0.15) is 17.0 Å². The van der Waals surface area contributed by atoms with Crippen LogP contribution in [0.1, 0.15) is 5.56 Å². The van der Waals surface area contributed by atoms with Crippen molar-refractivity contribution in [1.82, 2.24) is 4.98 Å². The van der Waals surface area contributed by atoms with Crippen LogP contribution >= 0.6 is 27.3 Å². The van der Waals surface area contributed by atoms with Crippen LogP contribution in [0.25, 0.3) is 10.2 Å². The molecule has 0 fully saturated rings. The molecule has 2 N–H and O–H groups in total. The van der Waals surface area contributed by atoms with Crippen LogP contribution in [0.15, 0.2) is 40.3 Å². The fraction of sp³-hybridized carbons (Fsp3) is 0.0714. The summed E-state index contributed by atoms with van der Waals surface area (Å²) in [6.45, 7) is 2.03. The minimum absolute atomic E-state index is 0.575. The number of nitrogen functional groups attached to an aromatic ring is 1. The molecule has 5 heteroatoms. The molecule has 2 aromatic carbocycles. The summed E-state index contributed by atoms with van der Waals surface area (Å²) in [5, 5.41) is 0. The molecule has 3 aromatic rings. The number of nitrogens with zero attached hydrogens (tertiary/aromatic N) is 1. The number of fused-ring (bicyclic) bond motifs is 1. The minimum atomic E-state index is 0.575. The zero-order valence-corrected chi connectivity index (χ0v) is 12.6. The van der Waals surface area contributed by atoms with Gasteiger partial charge in [0.05, 0.1) is 14.7 Å². The highest BCUT2D eigenvalue weighted by Crippen LogP contribution is 2.37. The summed E-state index contributed by atoms with van der Waals surface area (Å²) in [5.74, 6) is 1.37. The predicted octanol–water partition coefficient (Wildman–Crippen LogP) is 4.74. The van der Waals surface area contributed by atoms with Crippen LogP contribution in [0.3, 0.4) is 0 Å². The van der Waals surface area contributed by atoms with E-state index in [1.54, 1.807) is 16.8 Å². The average molecular weight is 335 g/mol. The fourth-order valence-corrected chi connectivity index (χ4v) is 3.10. The third kappa shape index (κ3) is 2.31. The summed E-state index contributed by atoms with van der Waals surface area (Å²) in [4.78, 5) is 4.26. The Morgan fingerprint density at radius 3 is 2.79 bits per heavy atom. The maximum Gasteiger partial charge on any atom is 0.152 e. The molecule has 3 nitrogen and oxygen atoms in total. The molecule has 0 aliphatic heterocycles. The van der Waals surface area contributed by atoms with Crippen molar-refractivity contribution in [1.29, 1.82) is 0 Å². The first-order valence-electron chi connectivity index (χ1n) is 5.71. The first-order chi connectivity index (χ1) is 9.15. The van der Waals surface area contributed by atoms with E-state index in [1.165, 1.54) is 5.56 Å². The van der Waals surface area contributed by atoms with Crippen LogP contribution in [-0.4, -0.2) is 4.98 Å². The number of thiazole rings is 1. The Balaban J connectivity index is 2.03. The van der Waals surface area contributed by atoms with Gasteiger partial charge in [-0.3, -0.25) is 0 Å². The Labute approximate surface area is 123 Å². The molecule has 0 atom stereocenters. The summed E-state index contributed by atoms with van der Waals surface area (Å²) in [7, 11) is 0. The second-order valence-electron chi connectivity index (χ2n) is 4.21. The molecule has 0 radical (unpaired) electrons. The van der Waals surface area contributed by atoms with Gasteiger partial charge in [-0.05, 0) is 52.7 Å². The molecule has 0 unspecified atom stereocenters. The molecule has 0 aliphatic rings. The monoisotopic (exact) mass is 334 g/mol. The zero-order valence-electron chi connectivity index (χ0n) is 10.2. The van der Waals surface area contributed by atoms with E-state index in [4.69, 9.17) is 10.5 Å². The number of ether oxygens (including phenoxy) is 1. The second-order valence-corrected chi connectivity index (χ2v) is 5.95. The van der Waals surface area contributed by atoms with Crippen molar-refractivity contribution < 1.29 is 4.74 Å². The summed E-state index contributed by atoms with van der Waals surface area (Å²) >= 11 is 5.06. The lowest BCUT2D eigenvalue weighted by Gasteiger charge is -2.10. The lowest BCUT2D eigenvalue weighted by molar-refractivity contribution is 0.482. The first kappa shape index (κ1) is 12.4. The fourth-order valence-electron chi connectivity index (χ4n) is 1.83. The van der Waals surface area contributed by atoms with E-state index in [-0.39, 0.29) is 0 Å². The third-order valence-electron chi connectivity index (χ3n) is 2.81. The SMILES string of the molecule is Cc1ccc(Oc2ccc3scnc3c2N)c(Br)c1. The highest BCUT2D eigenvalue weighted by atomic mass is 79.9. The molecule has 0 bridgehead atoms. The van der Waals surface area contributed by atoms with Gasteiger partial charge in [-0.2, -0.15) is 0 Å². The average Bonchev–Trinajstić information content (AvgIpc) is 2.85. The molecule has 0 saturated carbocycles. The Morgan fingerprint density at radius 1 is 1.21 bits per heavy atom. The van der Waals surface area contributed by atoms with Crippen LogP contribution in [0.5, 0.6) is 11.5 Å². The van der Waals surface area contributed by atoms with Crippen molar-refractivity contribution >= 4 is 43.2 Å². The molecule has 1 heterocycles. The van der Waals surface area contributed by atoms with Gasteiger partial charge in [0, 0.05) is 0 Å². The number of aromatic nitrogens is 1. The molecule has 0 amide bonds. The van der Waals surface area contributed by atoms with Crippen LogP contribution < -0.4 is 10.5 Å². The smallest absolute Gasteiger partial charge is 0.152 e. The molecule has 0 spiro atoms. The number of halogens is 1. The van der Waals surface area contributed by atoms with Crippen molar-refractivity contribution in [3.63, 3.8) is 0 Å². The lowest BCUT2D eigenvalue weighted by atomic mass is 10.2. The Hall–Kier alpha value is -1.59. The topological polar surface area (TPSA) is 48.1 Å². The highest BCUT2D eigenvalue weighted by Gasteiger charge is 2.10. The van der Waals surface area contributed by atoms with E-state index < -0.39 is 0 Å². The van der Waals surface area contributed by atoms with E-state index in [0.717, 1.165) is 20.4 Å². The molecular weight excluding hydrogens is 324 g/mol. The first-order valence-corrected chi connectivity index (χ1v) is 7.38. The highest BCUT2D eigenvalue weighted by molar-refractivity contribution is 9.10. The van der Waals surface area contributed by atoms with Crippen molar-refractivity contribution in [2.75, 3.05) is 5.73 Å². The van der Waals surface area contributed by atoms with E-state index in [2.05, 4.69) is 20.9 Å². The van der Waals surface area contributed by atoms with Gasteiger partial charge >= 0.3 is 0 Å². The molecular formula is C14H11BrN2OS. The Kier molecular flexibility index (Phi) is 3.16. The Morgan fingerprint density at radius 2 is 2.00 bits per heavy atom.